The van der Waals surface area contributed by atoms with Gasteiger partial charge in [-0.3, -0.25) is 0 Å². The summed E-state index contributed by atoms with van der Waals surface area (Å²) in [6.07, 6.45) is 3.49. The second-order valence-electron chi connectivity index (χ2n) is 6.53. The summed E-state index contributed by atoms with van der Waals surface area (Å²) in [5.41, 5.74) is 1.01. The molecule has 3 aliphatic rings. The van der Waals surface area contributed by atoms with Gasteiger partial charge in [-0.1, -0.05) is 28.7 Å². The largest absolute Gasteiger partial charge is 0.370 e. The van der Waals surface area contributed by atoms with E-state index < -0.39 is 0 Å². The van der Waals surface area contributed by atoms with Gasteiger partial charge in [-0.2, -0.15) is 10.1 Å². The van der Waals surface area contributed by atoms with E-state index in [4.69, 9.17) is 9.72 Å². The first-order valence-electron chi connectivity index (χ1n) is 8.37. The van der Waals surface area contributed by atoms with Crippen molar-refractivity contribution in [2.75, 3.05) is 31.3 Å². The molecule has 0 bridgehead atoms. The molecule has 2 aliphatic heterocycles. The van der Waals surface area contributed by atoms with E-state index in [0.717, 1.165) is 49.8 Å². The van der Waals surface area contributed by atoms with Gasteiger partial charge in [0.15, 0.2) is 0 Å². The van der Waals surface area contributed by atoms with Crippen molar-refractivity contribution in [3.8, 4) is 0 Å². The van der Waals surface area contributed by atoms with Gasteiger partial charge in [0.2, 0.25) is 10.8 Å². The van der Waals surface area contributed by atoms with Crippen LogP contribution in [0.3, 0.4) is 0 Å². The van der Waals surface area contributed by atoms with Gasteiger partial charge < -0.3 is 9.64 Å². The molecule has 120 valence electrons. The minimum absolute atomic E-state index is 0.0440. The van der Waals surface area contributed by atoms with Crippen molar-refractivity contribution in [3.63, 3.8) is 0 Å². The molecule has 7 heteroatoms. The summed E-state index contributed by atoms with van der Waals surface area (Å²) >= 11 is 1.72. The summed E-state index contributed by atoms with van der Waals surface area (Å²) in [6, 6.07) is 8.60. The van der Waals surface area contributed by atoms with E-state index in [1.807, 2.05) is 6.07 Å². The number of morpholine rings is 1. The number of benzene rings is 1. The standard InChI is InChI=1S/C16H19N5OS/c1-2-5-13-12(4-1)17-15(23-13)21-16(20-8-10-22-11-9-20)7-3-6-14(16)18-19-21/h1-2,4-5,14H,3,6-11H2/p+1/t14-,16-/m0/s1. The molecule has 0 amide bonds. The Kier molecular flexibility index (Phi) is 3.14. The Balaban J connectivity index is 1.58. The Morgan fingerprint density at radius 3 is 3.00 bits per heavy atom. The van der Waals surface area contributed by atoms with Crippen LogP contribution in [-0.4, -0.2) is 43.0 Å². The van der Waals surface area contributed by atoms with E-state index in [1.165, 1.54) is 11.1 Å². The molecule has 0 radical (unpaired) electrons. The number of nitrogens with zero attached hydrogens (tertiary/aromatic N) is 4. The van der Waals surface area contributed by atoms with E-state index in [2.05, 4.69) is 33.5 Å². The summed E-state index contributed by atoms with van der Waals surface area (Å²) in [4.78, 5) is 6.41. The predicted molar refractivity (Wildman–Crippen MR) is 88.8 cm³/mol. The fourth-order valence-electron chi connectivity index (χ4n) is 4.34. The lowest BCUT2D eigenvalue weighted by molar-refractivity contribution is -0.958. The smallest absolute Gasteiger partial charge is 0.221 e. The Labute approximate surface area is 138 Å². The third-order valence-corrected chi connectivity index (χ3v) is 6.43. The molecule has 1 saturated carbocycles. The van der Waals surface area contributed by atoms with Crippen molar-refractivity contribution >= 4 is 26.7 Å². The van der Waals surface area contributed by atoms with Gasteiger partial charge in [-0.05, 0) is 25.0 Å². The van der Waals surface area contributed by atoms with Crippen LogP contribution in [0.2, 0.25) is 0 Å². The maximum Gasteiger partial charge on any atom is 0.221 e. The number of para-hydroxylation sites is 1. The fraction of sp³-hybridized carbons (Fsp3) is 0.562. The maximum atomic E-state index is 5.58. The van der Waals surface area contributed by atoms with Gasteiger partial charge in [-0.15, -0.1) is 0 Å². The highest BCUT2D eigenvalue weighted by atomic mass is 32.1. The number of ether oxygens (including phenoxy) is 1. The number of rotatable bonds is 2. The maximum absolute atomic E-state index is 5.58. The first-order chi connectivity index (χ1) is 11.4. The zero-order valence-corrected chi connectivity index (χ0v) is 13.8. The van der Waals surface area contributed by atoms with Crippen LogP contribution in [0.15, 0.2) is 34.6 Å². The summed E-state index contributed by atoms with van der Waals surface area (Å²) in [5, 5.41) is 12.3. The molecule has 2 fully saturated rings. The average Bonchev–Trinajstić information content (AvgIpc) is 3.28. The number of anilines is 1. The molecular weight excluding hydrogens is 310 g/mol. The topological polar surface area (TPSA) is 54.5 Å². The minimum atomic E-state index is -0.0440. The molecule has 1 aromatic carbocycles. The van der Waals surface area contributed by atoms with Crippen LogP contribution in [0.5, 0.6) is 0 Å². The average molecular weight is 330 g/mol. The van der Waals surface area contributed by atoms with Crippen molar-refractivity contribution in [2.24, 2.45) is 10.3 Å². The van der Waals surface area contributed by atoms with Crippen molar-refractivity contribution in [1.82, 2.24) is 4.98 Å². The molecule has 3 heterocycles. The fourth-order valence-corrected chi connectivity index (χ4v) is 5.33. The second-order valence-corrected chi connectivity index (χ2v) is 7.54. The van der Waals surface area contributed by atoms with Crippen LogP contribution in [-0.2, 0) is 4.74 Å². The number of thiazole rings is 1. The number of fused-ring (bicyclic) bond motifs is 2. The van der Waals surface area contributed by atoms with Crippen LogP contribution >= 0.6 is 11.3 Å². The van der Waals surface area contributed by atoms with Crippen LogP contribution in [0, 0.1) is 0 Å². The van der Waals surface area contributed by atoms with Crippen LogP contribution in [0.1, 0.15) is 19.3 Å². The lowest BCUT2D eigenvalue weighted by Crippen LogP contribution is -3.24. The quantitative estimate of drug-likeness (QED) is 0.911. The molecule has 5 rings (SSSR count). The van der Waals surface area contributed by atoms with E-state index >= 15 is 0 Å². The van der Waals surface area contributed by atoms with E-state index in [0.29, 0.717) is 6.04 Å². The number of aromatic nitrogens is 1. The summed E-state index contributed by atoms with van der Waals surface area (Å²) in [5.74, 6) is 0. The third-order valence-electron chi connectivity index (χ3n) is 5.42. The van der Waals surface area contributed by atoms with E-state index in [-0.39, 0.29) is 5.66 Å². The third kappa shape index (κ3) is 1.96. The SMILES string of the molecule is c1ccc2sc(N3N=N[C@H]4CCC[C@@]43[NH+]3CCOCC3)nc2c1. The van der Waals surface area contributed by atoms with Gasteiger partial charge >= 0.3 is 0 Å². The normalized spacial score (nSPS) is 31.1. The Hall–Kier alpha value is -1.57. The number of nitrogens with one attached hydrogen (secondary N) is 1. The first-order valence-corrected chi connectivity index (χ1v) is 9.19. The molecule has 1 saturated heterocycles. The monoisotopic (exact) mass is 330 g/mol. The van der Waals surface area contributed by atoms with Gasteiger partial charge in [-0.25, -0.2) is 4.98 Å². The molecule has 1 aliphatic carbocycles. The molecule has 0 spiro atoms. The summed E-state index contributed by atoms with van der Waals surface area (Å²) < 4.78 is 6.79. The highest BCUT2D eigenvalue weighted by Gasteiger charge is 2.61. The van der Waals surface area contributed by atoms with E-state index in [1.54, 1.807) is 16.2 Å². The van der Waals surface area contributed by atoms with Gasteiger partial charge in [0, 0.05) is 6.42 Å². The van der Waals surface area contributed by atoms with Crippen LogP contribution in [0.4, 0.5) is 5.13 Å². The second kappa shape index (κ2) is 5.22. The lowest BCUT2D eigenvalue weighted by atomic mass is 10.0. The Morgan fingerprint density at radius 2 is 2.13 bits per heavy atom. The molecule has 0 unspecified atom stereocenters. The molecule has 6 nitrogen and oxygen atoms in total. The molecular formula is C16H20N5OS+. The van der Waals surface area contributed by atoms with Crippen molar-refractivity contribution in [1.29, 1.82) is 0 Å². The van der Waals surface area contributed by atoms with Crippen molar-refractivity contribution < 1.29 is 9.64 Å². The van der Waals surface area contributed by atoms with Gasteiger partial charge in [0.05, 0.1) is 23.4 Å². The van der Waals surface area contributed by atoms with Crippen molar-refractivity contribution in [3.05, 3.63) is 24.3 Å². The van der Waals surface area contributed by atoms with Crippen LogP contribution in [0.25, 0.3) is 10.2 Å². The predicted octanol–water partition coefficient (Wildman–Crippen LogP) is 1.65. The first kappa shape index (κ1) is 13.8. The van der Waals surface area contributed by atoms with Gasteiger partial charge in [0.1, 0.15) is 19.1 Å². The Bertz CT molecular complexity index is 723. The number of quaternary nitrogens is 1. The Morgan fingerprint density at radius 1 is 1.26 bits per heavy atom. The van der Waals surface area contributed by atoms with Gasteiger partial charge in [0.25, 0.3) is 0 Å². The molecule has 1 aromatic heterocycles. The molecule has 2 atom stereocenters. The molecule has 2 aromatic rings. The van der Waals surface area contributed by atoms with Crippen molar-refractivity contribution in [2.45, 2.75) is 31.0 Å². The summed E-state index contributed by atoms with van der Waals surface area (Å²) in [7, 11) is 0. The summed E-state index contributed by atoms with van der Waals surface area (Å²) in [6.45, 7) is 3.72. The zero-order chi connectivity index (χ0) is 15.3. The molecule has 1 N–H and O–H groups in total. The van der Waals surface area contributed by atoms with E-state index in [9.17, 15) is 0 Å². The molecule has 23 heavy (non-hydrogen) atoms. The highest BCUT2D eigenvalue weighted by Crippen LogP contribution is 2.43. The minimum Gasteiger partial charge on any atom is -0.370 e. The lowest BCUT2D eigenvalue weighted by Gasteiger charge is -2.42. The zero-order valence-electron chi connectivity index (χ0n) is 12.9. The number of hydrogen-bond donors (Lipinski definition) is 1. The van der Waals surface area contributed by atoms with Crippen LogP contribution < -0.4 is 9.91 Å². The number of hydrogen-bond acceptors (Lipinski definition) is 6. The highest BCUT2D eigenvalue weighted by molar-refractivity contribution is 7.22.